The largest absolute Gasteiger partial charge is 0.322 e. The molecule has 0 atom stereocenters. The lowest BCUT2D eigenvalue weighted by Crippen LogP contribution is -2.07. The maximum atomic E-state index is 11.7. The highest BCUT2D eigenvalue weighted by Gasteiger charge is 1.98. The standard InChI is InChI=1S/C15H13ClN2O/c1-11-10-14(8-9-17-11)18-15(19)7-4-12-2-5-13(16)6-3-12/h2-10H,1H3,(H,17,18,19)/b7-4+. The van der Waals surface area contributed by atoms with E-state index in [-0.39, 0.29) is 5.91 Å². The van der Waals surface area contributed by atoms with Crippen LogP contribution in [-0.2, 0) is 4.79 Å². The van der Waals surface area contributed by atoms with Crippen LogP contribution in [0.15, 0.2) is 48.7 Å². The lowest BCUT2D eigenvalue weighted by molar-refractivity contribution is -0.111. The van der Waals surface area contributed by atoms with Crippen molar-refractivity contribution < 1.29 is 4.79 Å². The molecular weight excluding hydrogens is 260 g/mol. The number of halogens is 1. The topological polar surface area (TPSA) is 42.0 Å². The van der Waals surface area contributed by atoms with Gasteiger partial charge in [0.2, 0.25) is 5.91 Å². The average Bonchev–Trinajstić information content (AvgIpc) is 2.38. The Bertz CT molecular complexity index is 606. The molecule has 0 aliphatic heterocycles. The van der Waals surface area contributed by atoms with E-state index in [1.807, 2.05) is 25.1 Å². The van der Waals surface area contributed by atoms with Gasteiger partial charge in [-0.05, 0) is 42.8 Å². The van der Waals surface area contributed by atoms with E-state index in [1.165, 1.54) is 6.08 Å². The van der Waals surface area contributed by atoms with Crippen LogP contribution in [0, 0.1) is 6.92 Å². The van der Waals surface area contributed by atoms with Crippen molar-refractivity contribution in [3.63, 3.8) is 0 Å². The summed E-state index contributed by atoms with van der Waals surface area (Å²) in [4.78, 5) is 15.8. The molecule has 19 heavy (non-hydrogen) atoms. The van der Waals surface area contributed by atoms with E-state index >= 15 is 0 Å². The van der Waals surface area contributed by atoms with E-state index in [0.29, 0.717) is 5.02 Å². The number of carbonyl (C=O) groups is 1. The number of aryl methyl sites for hydroxylation is 1. The van der Waals surface area contributed by atoms with Gasteiger partial charge in [0.1, 0.15) is 0 Å². The van der Waals surface area contributed by atoms with Crippen molar-refractivity contribution >= 4 is 29.3 Å². The molecule has 3 nitrogen and oxygen atoms in total. The molecule has 1 aromatic heterocycles. The van der Waals surface area contributed by atoms with Crippen molar-refractivity contribution in [2.45, 2.75) is 6.92 Å². The molecule has 96 valence electrons. The van der Waals surface area contributed by atoms with Crippen LogP contribution in [0.2, 0.25) is 5.02 Å². The summed E-state index contributed by atoms with van der Waals surface area (Å²) in [7, 11) is 0. The Morgan fingerprint density at radius 2 is 2.00 bits per heavy atom. The number of aromatic nitrogens is 1. The van der Waals surface area contributed by atoms with Crippen molar-refractivity contribution in [3.8, 4) is 0 Å². The Morgan fingerprint density at radius 1 is 1.26 bits per heavy atom. The molecule has 2 aromatic rings. The van der Waals surface area contributed by atoms with Gasteiger partial charge in [-0.3, -0.25) is 9.78 Å². The van der Waals surface area contributed by atoms with Crippen LogP contribution in [0.4, 0.5) is 5.69 Å². The molecule has 0 radical (unpaired) electrons. The third-order valence-corrected chi connectivity index (χ3v) is 2.71. The molecule has 1 N–H and O–H groups in total. The number of amides is 1. The molecule has 1 amide bonds. The van der Waals surface area contributed by atoms with Crippen molar-refractivity contribution in [3.05, 3.63) is 65.0 Å². The first-order valence-electron chi connectivity index (χ1n) is 5.81. The van der Waals surface area contributed by atoms with Gasteiger partial charge in [0.05, 0.1) is 0 Å². The SMILES string of the molecule is Cc1cc(NC(=O)/C=C/c2ccc(Cl)cc2)ccn1. The predicted molar refractivity (Wildman–Crippen MR) is 78.1 cm³/mol. The second-order valence-electron chi connectivity index (χ2n) is 4.06. The van der Waals surface area contributed by atoms with Crippen molar-refractivity contribution in [2.75, 3.05) is 5.32 Å². The first-order chi connectivity index (χ1) is 9.13. The molecule has 0 unspecified atom stereocenters. The minimum atomic E-state index is -0.180. The Kier molecular flexibility index (Phi) is 4.31. The van der Waals surface area contributed by atoms with E-state index in [0.717, 1.165) is 16.9 Å². The molecule has 0 saturated heterocycles. The molecule has 0 saturated carbocycles. The number of hydrogen-bond acceptors (Lipinski definition) is 2. The van der Waals surface area contributed by atoms with Crippen LogP contribution in [-0.4, -0.2) is 10.9 Å². The van der Waals surface area contributed by atoms with Crippen molar-refractivity contribution in [2.24, 2.45) is 0 Å². The zero-order chi connectivity index (χ0) is 13.7. The van der Waals surface area contributed by atoms with Crippen LogP contribution < -0.4 is 5.32 Å². The second kappa shape index (κ2) is 6.16. The molecule has 0 aliphatic rings. The molecule has 1 aromatic carbocycles. The monoisotopic (exact) mass is 272 g/mol. The first-order valence-corrected chi connectivity index (χ1v) is 6.18. The number of carbonyl (C=O) groups excluding carboxylic acids is 1. The van der Waals surface area contributed by atoms with Crippen LogP contribution in [0.25, 0.3) is 6.08 Å². The van der Waals surface area contributed by atoms with Gasteiger partial charge < -0.3 is 5.32 Å². The van der Waals surface area contributed by atoms with Gasteiger partial charge in [-0.25, -0.2) is 0 Å². The molecule has 1 heterocycles. The zero-order valence-electron chi connectivity index (χ0n) is 10.4. The normalized spacial score (nSPS) is 10.6. The van der Waals surface area contributed by atoms with Gasteiger partial charge in [0, 0.05) is 28.7 Å². The Labute approximate surface area is 116 Å². The van der Waals surface area contributed by atoms with Crippen molar-refractivity contribution in [1.29, 1.82) is 0 Å². The summed E-state index contributed by atoms with van der Waals surface area (Å²) in [5.41, 5.74) is 2.52. The summed E-state index contributed by atoms with van der Waals surface area (Å²) in [5.74, 6) is -0.180. The van der Waals surface area contributed by atoms with Crippen molar-refractivity contribution in [1.82, 2.24) is 4.98 Å². The van der Waals surface area contributed by atoms with Gasteiger partial charge in [0.15, 0.2) is 0 Å². The quantitative estimate of drug-likeness (QED) is 0.866. The summed E-state index contributed by atoms with van der Waals surface area (Å²) < 4.78 is 0. The fourth-order valence-corrected chi connectivity index (χ4v) is 1.68. The summed E-state index contributed by atoms with van der Waals surface area (Å²) in [6.45, 7) is 1.87. The minimum Gasteiger partial charge on any atom is -0.322 e. The van der Waals surface area contributed by atoms with E-state index in [1.54, 1.807) is 30.5 Å². The Morgan fingerprint density at radius 3 is 2.68 bits per heavy atom. The second-order valence-corrected chi connectivity index (χ2v) is 4.50. The highest BCUT2D eigenvalue weighted by atomic mass is 35.5. The van der Waals surface area contributed by atoms with E-state index in [4.69, 9.17) is 11.6 Å². The molecule has 0 bridgehead atoms. The third kappa shape index (κ3) is 4.23. The van der Waals surface area contributed by atoms with Gasteiger partial charge >= 0.3 is 0 Å². The van der Waals surface area contributed by atoms with Crippen LogP contribution in [0.3, 0.4) is 0 Å². The Balaban J connectivity index is 1.99. The number of rotatable bonds is 3. The summed E-state index contributed by atoms with van der Waals surface area (Å²) in [6, 6.07) is 10.8. The molecular formula is C15H13ClN2O. The summed E-state index contributed by atoms with van der Waals surface area (Å²) in [5, 5.41) is 3.45. The van der Waals surface area contributed by atoms with Crippen LogP contribution >= 0.6 is 11.6 Å². The van der Waals surface area contributed by atoms with Gasteiger partial charge in [-0.1, -0.05) is 23.7 Å². The van der Waals surface area contributed by atoms with E-state index in [9.17, 15) is 4.79 Å². The van der Waals surface area contributed by atoms with Crippen LogP contribution in [0.1, 0.15) is 11.3 Å². The predicted octanol–water partition coefficient (Wildman–Crippen LogP) is 3.70. The molecule has 0 fully saturated rings. The molecule has 0 spiro atoms. The third-order valence-electron chi connectivity index (χ3n) is 2.46. The van der Waals surface area contributed by atoms with Crippen LogP contribution in [0.5, 0.6) is 0 Å². The number of nitrogens with zero attached hydrogens (tertiary/aromatic N) is 1. The summed E-state index contributed by atoms with van der Waals surface area (Å²) >= 11 is 5.79. The van der Waals surface area contributed by atoms with E-state index < -0.39 is 0 Å². The maximum absolute atomic E-state index is 11.7. The zero-order valence-corrected chi connectivity index (χ0v) is 11.2. The molecule has 4 heteroatoms. The van der Waals surface area contributed by atoms with Gasteiger partial charge in [-0.15, -0.1) is 0 Å². The first kappa shape index (κ1) is 13.3. The van der Waals surface area contributed by atoms with Gasteiger partial charge in [-0.2, -0.15) is 0 Å². The fourth-order valence-electron chi connectivity index (χ4n) is 1.55. The molecule has 2 rings (SSSR count). The minimum absolute atomic E-state index is 0.180. The lowest BCUT2D eigenvalue weighted by atomic mass is 10.2. The number of anilines is 1. The number of pyridine rings is 1. The smallest absolute Gasteiger partial charge is 0.248 e. The number of nitrogens with one attached hydrogen (secondary N) is 1. The van der Waals surface area contributed by atoms with E-state index in [2.05, 4.69) is 10.3 Å². The highest BCUT2D eigenvalue weighted by molar-refractivity contribution is 6.30. The highest BCUT2D eigenvalue weighted by Crippen LogP contribution is 2.11. The summed E-state index contributed by atoms with van der Waals surface area (Å²) in [6.07, 6.45) is 4.88. The van der Waals surface area contributed by atoms with Gasteiger partial charge in [0.25, 0.3) is 0 Å². The lowest BCUT2D eigenvalue weighted by Gasteiger charge is -2.02. The number of hydrogen-bond donors (Lipinski definition) is 1. The fraction of sp³-hybridized carbons (Fsp3) is 0.0667. The Hall–Kier alpha value is -2.13. The molecule has 0 aliphatic carbocycles. The maximum Gasteiger partial charge on any atom is 0.248 e. The number of benzene rings is 1. The average molecular weight is 273 g/mol.